The number of benzene rings is 2. The number of aliphatic hydroxyl groups is 2. The maximum absolute atomic E-state index is 13.5. The van der Waals surface area contributed by atoms with Gasteiger partial charge in [0.05, 0.1) is 6.10 Å². The summed E-state index contributed by atoms with van der Waals surface area (Å²) in [4.78, 5) is 11.9. The molecule has 0 fully saturated rings. The first-order valence-corrected chi connectivity index (χ1v) is 7.01. The topological polar surface area (TPSA) is 69.6 Å². The lowest BCUT2D eigenvalue weighted by atomic mass is 10.1. The summed E-state index contributed by atoms with van der Waals surface area (Å²) < 4.78 is 13.5. The Morgan fingerprint density at radius 2 is 1.68 bits per heavy atom. The quantitative estimate of drug-likeness (QED) is 0.791. The Hall–Kier alpha value is -1.95. The molecular formula is C16H15ClFNO3. The Balaban J connectivity index is 1.98. The van der Waals surface area contributed by atoms with E-state index in [9.17, 15) is 19.4 Å². The predicted octanol–water partition coefficient (Wildman–Crippen LogP) is 2.36. The molecule has 2 aromatic carbocycles. The Labute approximate surface area is 132 Å². The molecule has 0 aliphatic heterocycles. The zero-order chi connectivity index (χ0) is 16.1. The fourth-order valence-electron chi connectivity index (χ4n) is 1.99. The molecule has 0 bridgehead atoms. The largest absolute Gasteiger partial charge is 0.386 e. The van der Waals surface area contributed by atoms with Crippen LogP contribution in [0.25, 0.3) is 0 Å². The lowest BCUT2D eigenvalue weighted by Gasteiger charge is -2.16. The van der Waals surface area contributed by atoms with E-state index in [0.717, 1.165) is 0 Å². The Bertz CT molecular complexity index is 665. The van der Waals surface area contributed by atoms with Crippen LogP contribution in [0.2, 0.25) is 5.02 Å². The molecule has 1 unspecified atom stereocenters. The molecule has 0 radical (unpaired) electrons. The van der Waals surface area contributed by atoms with Crippen molar-refractivity contribution in [1.29, 1.82) is 0 Å². The van der Waals surface area contributed by atoms with Gasteiger partial charge in [-0.15, -0.1) is 0 Å². The number of amides is 1. The van der Waals surface area contributed by atoms with Crippen molar-refractivity contribution in [2.75, 3.05) is 6.54 Å². The summed E-state index contributed by atoms with van der Waals surface area (Å²) in [6, 6.07) is 12.1. The van der Waals surface area contributed by atoms with E-state index in [4.69, 9.17) is 11.6 Å². The first-order valence-electron chi connectivity index (χ1n) is 6.63. The molecule has 4 nitrogen and oxygen atoms in total. The van der Waals surface area contributed by atoms with Crippen molar-refractivity contribution in [3.8, 4) is 0 Å². The molecule has 0 heterocycles. The van der Waals surface area contributed by atoms with Crippen molar-refractivity contribution in [2.45, 2.75) is 12.2 Å². The fraction of sp³-hybridized carbons (Fsp3) is 0.188. The maximum atomic E-state index is 13.5. The zero-order valence-corrected chi connectivity index (χ0v) is 12.3. The van der Waals surface area contributed by atoms with Gasteiger partial charge in [0.2, 0.25) is 0 Å². The van der Waals surface area contributed by atoms with Crippen LogP contribution in [0.15, 0.2) is 48.5 Å². The zero-order valence-electron chi connectivity index (χ0n) is 11.5. The van der Waals surface area contributed by atoms with Crippen LogP contribution in [0.5, 0.6) is 0 Å². The molecule has 0 aliphatic carbocycles. The normalized spacial score (nSPS) is 13.5. The van der Waals surface area contributed by atoms with E-state index in [-0.39, 0.29) is 22.7 Å². The van der Waals surface area contributed by atoms with Crippen molar-refractivity contribution in [1.82, 2.24) is 5.32 Å². The van der Waals surface area contributed by atoms with Gasteiger partial charge in [0.1, 0.15) is 5.82 Å². The van der Waals surface area contributed by atoms with Gasteiger partial charge in [-0.1, -0.05) is 48.0 Å². The summed E-state index contributed by atoms with van der Waals surface area (Å²) in [6.07, 6.45) is -2.66. The Morgan fingerprint density at radius 3 is 2.32 bits per heavy atom. The molecule has 1 amide bonds. The van der Waals surface area contributed by atoms with Crippen LogP contribution in [0, 0.1) is 5.82 Å². The van der Waals surface area contributed by atoms with Crippen LogP contribution >= 0.6 is 11.6 Å². The average molecular weight is 324 g/mol. The van der Waals surface area contributed by atoms with Crippen LogP contribution < -0.4 is 5.32 Å². The molecule has 2 aromatic rings. The molecule has 2 atom stereocenters. The van der Waals surface area contributed by atoms with Crippen LogP contribution in [0.1, 0.15) is 23.3 Å². The highest BCUT2D eigenvalue weighted by Gasteiger charge is 2.21. The average Bonchev–Trinajstić information content (AvgIpc) is 2.52. The van der Waals surface area contributed by atoms with E-state index in [1.807, 2.05) is 0 Å². The van der Waals surface area contributed by atoms with Crippen molar-refractivity contribution >= 4 is 17.5 Å². The van der Waals surface area contributed by atoms with Crippen molar-refractivity contribution in [3.63, 3.8) is 0 Å². The number of hydrogen-bond acceptors (Lipinski definition) is 3. The summed E-state index contributed by atoms with van der Waals surface area (Å²) >= 11 is 5.90. The second-order valence-corrected chi connectivity index (χ2v) is 5.11. The van der Waals surface area contributed by atoms with Gasteiger partial charge >= 0.3 is 0 Å². The van der Waals surface area contributed by atoms with Crippen LogP contribution in [-0.2, 0) is 4.79 Å². The Kier molecular flexibility index (Phi) is 5.49. The van der Waals surface area contributed by atoms with Gasteiger partial charge < -0.3 is 15.5 Å². The van der Waals surface area contributed by atoms with Gasteiger partial charge in [-0.2, -0.15) is 0 Å². The molecule has 0 aliphatic rings. The van der Waals surface area contributed by atoms with Crippen molar-refractivity contribution in [2.24, 2.45) is 0 Å². The lowest BCUT2D eigenvalue weighted by Crippen LogP contribution is -2.33. The first kappa shape index (κ1) is 16.4. The lowest BCUT2D eigenvalue weighted by molar-refractivity contribution is -0.130. The highest BCUT2D eigenvalue weighted by molar-refractivity contribution is 6.31. The van der Waals surface area contributed by atoms with Gasteiger partial charge in [0.15, 0.2) is 6.10 Å². The van der Waals surface area contributed by atoms with Gasteiger partial charge in [-0.05, 0) is 12.1 Å². The van der Waals surface area contributed by atoms with Gasteiger partial charge in [-0.25, -0.2) is 4.39 Å². The smallest absolute Gasteiger partial charge is 0.253 e. The SMILES string of the molecule is O=C(NCC(O)c1ccccc1F)[C@H](O)c1ccccc1Cl. The van der Waals surface area contributed by atoms with Crippen molar-refractivity contribution < 1.29 is 19.4 Å². The second-order valence-electron chi connectivity index (χ2n) is 4.71. The van der Waals surface area contributed by atoms with Crippen LogP contribution in [0.4, 0.5) is 4.39 Å². The number of carbonyl (C=O) groups is 1. The predicted molar refractivity (Wildman–Crippen MR) is 80.8 cm³/mol. The van der Waals surface area contributed by atoms with E-state index in [1.165, 1.54) is 24.3 Å². The summed E-state index contributed by atoms with van der Waals surface area (Å²) in [5.74, 6) is -1.28. The summed E-state index contributed by atoms with van der Waals surface area (Å²) in [6.45, 7) is -0.221. The van der Waals surface area contributed by atoms with Crippen LogP contribution in [-0.4, -0.2) is 22.7 Å². The third-order valence-electron chi connectivity index (χ3n) is 3.18. The van der Waals surface area contributed by atoms with Crippen LogP contribution in [0.3, 0.4) is 0 Å². The number of rotatable bonds is 5. The second kappa shape index (κ2) is 7.35. The van der Waals surface area contributed by atoms with Crippen molar-refractivity contribution in [3.05, 3.63) is 70.5 Å². The molecular weight excluding hydrogens is 309 g/mol. The molecule has 2 rings (SSSR count). The summed E-state index contributed by atoms with van der Waals surface area (Å²) in [5.41, 5.74) is 0.345. The van der Waals surface area contributed by atoms with E-state index in [2.05, 4.69) is 5.32 Å². The minimum Gasteiger partial charge on any atom is -0.386 e. The molecule has 116 valence electrons. The fourth-order valence-corrected chi connectivity index (χ4v) is 2.23. The number of hydrogen-bond donors (Lipinski definition) is 3. The van der Waals surface area contributed by atoms with E-state index in [0.29, 0.717) is 0 Å². The maximum Gasteiger partial charge on any atom is 0.253 e. The highest BCUT2D eigenvalue weighted by atomic mass is 35.5. The summed E-state index contributed by atoms with van der Waals surface area (Å²) in [5, 5.41) is 22.5. The standard InChI is InChI=1S/C16H15ClFNO3/c17-12-7-3-1-5-10(12)15(21)16(22)19-9-14(20)11-6-2-4-8-13(11)18/h1-8,14-15,20-21H,9H2,(H,19,22)/t14?,15-/m1/s1. The summed E-state index contributed by atoms with van der Waals surface area (Å²) in [7, 11) is 0. The third kappa shape index (κ3) is 3.82. The Morgan fingerprint density at radius 1 is 1.09 bits per heavy atom. The van der Waals surface area contributed by atoms with Gasteiger partial charge in [0, 0.05) is 22.7 Å². The van der Waals surface area contributed by atoms with E-state index in [1.54, 1.807) is 24.3 Å². The molecule has 3 N–H and O–H groups in total. The molecule has 0 saturated heterocycles. The minimum absolute atomic E-state index is 0.0787. The number of nitrogens with one attached hydrogen (secondary N) is 1. The van der Waals surface area contributed by atoms with Gasteiger partial charge in [0.25, 0.3) is 5.91 Å². The third-order valence-corrected chi connectivity index (χ3v) is 3.53. The van der Waals surface area contributed by atoms with E-state index < -0.39 is 23.9 Å². The molecule has 0 aromatic heterocycles. The minimum atomic E-state index is -1.46. The molecule has 0 spiro atoms. The number of aliphatic hydroxyl groups excluding tert-OH is 2. The van der Waals surface area contributed by atoms with Gasteiger partial charge in [-0.3, -0.25) is 4.79 Å². The monoisotopic (exact) mass is 323 g/mol. The molecule has 0 saturated carbocycles. The van der Waals surface area contributed by atoms with E-state index >= 15 is 0 Å². The highest BCUT2D eigenvalue weighted by Crippen LogP contribution is 2.23. The number of halogens is 2. The molecule has 6 heteroatoms. The molecule has 22 heavy (non-hydrogen) atoms. The number of carbonyl (C=O) groups excluding carboxylic acids is 1. The first-order chi connectivity index (χ1) is 10.5.